The summed E-state index contributed by atoms with van der Waals surface area (Å²) in [6.07, 6.45) is 1.02. The molecule has 1 fully saturated rings. The van der Waals surface area contributed by atoms with Crippen molar-refractivity contribution in [3.05, 3.63) is 47.0 Å². The summed E-state index contributed by atoms with van der Waals surface area (Å²) in [5, 5.41) is 3.40. The van der Waals surface area contributed by atoms with E-state index in [1.165, 1.54) is 0 Å². The maximum atomic E-state index is 12.5. The third kappa shape index (κ3) is 4.51. The molecule has 2 aliphatic heterocycles. The van der Waals surface area contributed by atoms with Crippen molar-refractivity contribution >= 4 is 28.9 Å². The molecule has 1 amide bonds. The van der Waals surface area contributed by atoms with Gasteiger partial charge in [0, 0.05) is 30.9 Å². The molecule has 0 saturated carbocycles. The molecule has 2 heterocycles. The molecule has 28 heavy (non-hydrogen) atoms. The smallest absolute Gasteiger partial charge is 0.228 e. The lowest BCUT2D eigenvalue weighted by atomic mass is 10.1. The van der Waals surface area contributed by atoms with Crippen molar-refractivity contribution in [2.75, 3.05) is 49.7 Å². The minimum Gasteiger partial charge on any atom is -0.489 e. The molecule has 0 spiro atoms. The summed E-state index contributed by atoms with van der Waals surface area (Å²) in [4.78, 5) is 14.7. The van der Waals surface area contributed by atoms with Crippen LogP contribution < -0.4 is 19.7 Å². The van der Waals surface area contributed by atoms with Gasteiger partial charge in [0.05, 0.1) is 37.9 Å². The molecule has 0 radical (unpaired) electrons. The van der Waals surface area contributed by atoms with Crippen LogP contribution in [0.3, 0.4) is 0 Å². The Balaban J connectivity index is 1.39. The highest BCUT2D eigenvalue weighted by Crippen LogP contribution is 2.38. The minimum atomic E-state index is -0.107. The predicted octanol–water partition coefficient (Wildman–Crippen LogP) is 3.52. The zero-order chi connectivity index (χ0) is 19.3. The molecule has 4 rings (SSSR count). The van der Waals surface area contributed by atoms with Crippen molar-refractivity contribution in [1.29, 1.82) is 0 Å². The Morgan fingerprint density at radius 1 is 1.04 bits per heavy atom. The molecule has 7 heteroatoms. The summed E-state index contributed by atoms with van der Waals surface area (Å²) >= 11 is 6.30. The van der Waals surface area contributed by atoms with E-state index in [9.17, 15) is 4.79 Å². The van der Waals surface area contributed by atoms with Gasteiger partial charge in [-0.2, -0.15) is 0 Å². The van der Waals surface area contributed by atoms with Crippen molar-refractivity contribution in [3.8, 4) is 11.5 Å². The molecule has 1 saturated heterocycles. The van der Waals surface area contributed by atoms with Gasteiger partial charge in [-0.05, 0) is 42.0 Å². The maximum Gasteiger partial charge on any atom is 0.228 e. The maximum absolute atomic E-state index is 12.5. The highest BCUT2D eigenvalue weighted by atomic mass is 35.5. The first kappa shape index (κ1) is 18.9. The van der Waals surface area contributed by atoms with E-state index < -0.39 is 0 Å². The standard InChI is InChI=1S/C21H23ClN2O4/c22-18-12-15(13-19-21(18)28-9-1-8-27-19)14-20(25)23-16-2-4-17(5-3-16)24-6-10-26-11-7-24/h2-5,12-13H,1,6-11,14H2,(H,23,25). The zero-order valence-corrected chi connectivity index (χ0v) is 16.3. The van der Waals surface area contributed by atoms with Crippen molar-refractivity contribution in [1.82, 2.24) is 0 Å². The Hall–Kier alpha value is -2.44. The van der Waals surface area contributed by atoms with Gasteiger partial charge in [0.2, 0.25) is 5.91 Å². The number of carbonyl (C=O) groups is 1. The average Bonchev–Trinajstić information content (AvgIpc) is 2.95. The summed E-state index contributed by atoms with van der Waals surface area (Å²) in [7, 11) is 0. The Labute approximate surface area is 169 Å². The molecule has 2 aromatic carbocycles. The van der Waals surface area contributed by atoms with Gasteiger partial charge in [0.1, 0.15) is 0 Å². The minimum absolute atomic E-state index is 0.107. The van der Waals surface area contributed by atoms with E-state index in [1.807, 2.05) is 30.3 Å². The van der Waals surface area contributed by atoms with Crippen LogP contribution in [0.2, 0.25) is 5.02 Å². The van der Waals surface area contributed by atoms with Crippen LogP contribution in [0, 0.1) is 0 Å². The van der Waals surface area contributed by atoms with Crippen LogP contribution in [-0.2, 0) is 16.0 Å². The van der Waals surface area contributed by atoms with Crippen LogP contribution in [0.15, 0.2) is 36.4 Å². The van der Waals surface area contributed by atoms with E-state index in [1.54, 1.807) is 6.07 Å². The fourth-order valence-electron chi connectivity index (χ4n) is 3.35. The summed E-state index contributed by atoms with van der Waals surface area (Å²) < 4.78 is 16.7. The van der Waals surface area contributed by atoms with Gasteiger partial charge in [-0.25, -0.2) is 0 Å². The van der Waals surface area contributed by atoms with E-state index in [-0.39, 0.29) is 12.3 Å². The van der Waals surface area contributed by atoms with Gasteiger partial charge < -0.3 is 24.4 Å². The largest absolute Gasteiger partial charge is 0.489 e. The van der Waals surface area contributed by atoms with Gasteiger partial charge in [0.15, 0.2) is 11.5 Å². The monoisotopic (exact) mass is 402 g/mol. The molecule has 0 aromatic heterocycles. The molecule has 1 N–H and O–H groups in total. The number of anilines is 2. The number of nitrogens with one attached hydrogen (secondary N) is 1. The number of fused-ring (bicyclic) bond motifs is 1. The van der Waals surface area contributed by atoms with Gasteiger partial charge in [-0.15, -0.1) is 0 Å². The number of carbonyl (C=O) groups excluding carboxylic acids is 1. The highest BCUT2D eigenvalue weighted by molar-refractivity contribution is 6.32. The third-order valence-corrected chi connectivity index (χ3v) is 5.03. The lowest BCUT2D eigenvalue weighted by molar-refractivity contribution is -0.115. The van der Waals surface area contributed by atoms with E-state index in [2.05, 4.69) is 10.2 Å². The van der Waals surface area contributed by atoms with Gasteiger partial charge >= 0.3 is 0 Å². The Morgan fingerprint density at radius 2 is 1.79 bits per heavy atom. The molecule has 6 nitrogen and oxygen atoms in total. The second-order valence-corrected chi connectivity index (χ2v) is 7.23. The van der Waals surface area contributed by atoms with E-state index in [4.69, 9.17) is 25.8 Å². The van der Waals surface area contributed by atoms with Crippen molar-refractivity contribution in [2.24, 2.45) is 0 Å². The molecule has 0 atom stereocenters. The first-order chi connectivity index (χ1) is 13.7. The number of rotatable bonds is 4. The first-order valence-corrected chi connectivity index (χ1v) is 9.87. The van der Waals surface area contributed by atoms with Crippen molar-refractivity contribution in [3.63, 3.8) is 0 Å². The summed E-state index contributed by atoms with van der Waals surface area (Å²) in [6.45, 7) is 4.42. The lowest BCUT2D eigenvalue weighted by Gasteiger charge is -2.28. The van der Waals surface area contributed by atoms with E-state index in [0.717, 1.165) is 49.7 Å². The fraction of sp³-hybridized carbons (Fsp3) is 0.381. The molecule has 2 aromatic rings. The normalized spacial score (nSPS) is 16.4. The second kappa shape index (κ2) is 8.71. The van der Waals surface area contributed by atoms with Crippen LogP contribution in [0.1, 0.15) is 12.0 Å². The molecular weight excluding hydrogens is 380 g/mol. The first-order valence-electron chi connectivity index (χ1n) is 9.50. The van der Waals surface area contributed by atoms with Crippen LogP contribution in [0.25, 0.3) is 0 Å². The summed E-state index contributed by atoms with van der Waals surface area (Å²) in [6, 6.07) is 11.5. The third-order valence-electron chi connectivity index (χ3n) is 4.75. The Morgan fingerprint density at radius 3 is 2.57 bits per heavy atom. The number of halogens is 1. The van der Waals surface area contributed by atoms with E-state index >= 15 is 0 Å². The van der Waals surface area contributed by atoms with Crippen molar-refractivity contribution < 1.29 is 19.0 Å². The lowest BCUT2D eigenvalue weighted by Crippen LogP contribution is -2.36. The number of hydrogen-bond acceptors (Lipinski definition) is 5. The highest BCUT2D eigenvalue weighted by Gasteiger charge is 2.17. The summed E-state index contributed by atoms with van der Waals surface area (Å²) in [5.74, 6) is 1.05. The zero-order valence-electron chi connectivity index (χ0n) is 15.6. The molecule has 0 aliphatic carbocycles. The number of hydrogen-bond donors (Lipinski definition) is 1. The topological polar surface area (TPSA) is 60.0 Å². The molecule has 0 bridgehead atoms. The van der Waals surface area contributed by atoms with Gasteiger partial charge in [-0.1, -0.05) is 11.6 Å². The number of amides is 1. The van der Waals surface area contributed by atoms with Gasteiger partial charge in [0.25, 0.3) is 0 Å². The number of nitrogens with zero attached hydrogens (tertiary/aromatic N) is 1. The van der Waals surface area contributed by atoms with Crippen LogP contribution in [0.5, 0.6) is 11.5 Å². The SMILES string of the molecule is O=C(Cc1cc(Cl)c2c(c1)OCCCO2)Nc1ccc(N2CCOCC2)cc1. The van der Waals surface area contributed by atoms with Crippen LogP contribution in [0.4, 0.5) is 11.4 Å². The number of ether oxygens (including phenoxy) is 3. The van der Waals surface area contributed by atoms with Crippen LogP contribution >= 0.6 is 11.6 Å². The fourth-order valence-corrected chi connectivity index (χ4v) is 3.64. The summed E-state index contributed by atoms with van der Waals surface area (Å²) in [5.41, 5.74) is 2.69. The average molecular weight is 403 g/mol. The van der Waals surface area contributed by atoms with E-state index in [0.29, 0.717) is 29.7 Å². The Bertz CT molecular complexity index is 835. The molecule has 148 valence electrons. The van der Waals surface area contributed by atoms with Crippen LogP contribution in [-0.4, -0.2) is 45.4 Å². The quantitative estimate of drug-likeness (QED) is 0.847. The molecule has 2 aliphatic rings. The predicted molar refractivity (Wildman–Crippen MR) is 109 cm³/mol. The second-order valence-electron chi connectivity index (χ2n) is 6.83. The number of benzene rings is 2. The van der Waals surface area contributed by atoms with Crippen molar-refractivity contribution in [2.45, 2.75) is 12.8 Å². The molecule has 0 unspecified atom stereocenters. The molecular formula is C21H23ClN2O4. The van der Waals surface area contributed by atoms with Gasteiger partial charge in [-0.3, -0.25) is 4.79 Å². The Kier molecular flexibility index (Phi) is 5.88. The number of morpholine rings is 1.